The molecular formula is C19H28N2O3. The van der Waals surface area contributed by atoms with Crippen molar-refractivity contribution in [3.8, 4) is 0 Å². The highest BCUT2D eigenvalue weighted by Gasteiger charge is 2.26. The fraction of sp³-hybridized carbons (Fsp3) is 0.579. The number of ether oxygens (including phenoxy) is 1. The van der Waals surface area contributed by atoms with E-state index in [1.807, 2.05) is 52.8 Å². The first-order valence-corrected chi connectivity index (χ1v) is 8.46. The van der Waals surface area contributed by atoms with Crippen LogP contribution in [0.25, 0.3) is 0 Å². The number of aryl methyl sites for hydroxylation is 2. The summed E-state index contributed by atoms with van der Waals surface area (Å²) in [7, 11) is 0. The third-order valence-corrected chi connectivity index (χ3v) is 4.08. The zero-order valence-corrected chi connectivity index (χ0v) is 15.4. The summed E-state index contributed by atoms with van der Waals surface area (Å²) < 4.78 is 5.39. The Morgan fingerprint density at radius 2 is 1.71 bits per heavy atom. The predicted molar refractivity (Wildman–Crippen MR) is 94.5 cm³/mol. The number of Topliss-reactive ketones (excluding diaryl/α,β-unsaturated/α-hetero) is 1. The molecule has 0 aromatic heterocycles. The first-order chi connectivity index (χ1) is 11.2. The van der Waals surface area contributed by atoms with Gasteiger partial charge in [0.1, 0.15) is 5.60 Å². The van der Waals surface area contributed by atoms with Crippen molar-refractivity contribution in [1.82, 2.24) is 9.80 Å². The summed E-state index contributed by atoms with van der Waals surface area (Å²) in [5.41, 5.74) is 2.42. The molecule has 132 valence electrons. The second-order valence-corrected chi connectivity index (χ2v) is 7.49. The van der Waals surface area contributed by atoms with E-state index >= 15 is 0 Å². The maximum absolute atomic E-state index is 12.5. The van der Waals surface area contributed by atoms with Gasteiger partial charge in [0, 0.05) is 31.7 Å². The van der Waals surface area contributed by atoms with Crippen LogP contribution in [0.5, 0.6) is 0 Å². The lowest BCUT2D eigenvalue weighted by atomic mass is 10.0. The monoisotopic (exact) mass is 332 g/mol. The van der Waals surface area contributed by atoms with E-state index in [2.05, 4.69) is 4.90 Å². The Kier molecular flexibility index (Phi) is 5.65. The van der Waals surface area contributed by atoms with E-state index in [1.165, 1.54) is 0 Å². The van der Waals surface area contributed by atoms with Crippen molar-refractivity contribution in [2.75, 3.05) is 32.7 Å². The number of carbonyl (C=O) groups excluding carboxylic acids is 2. The van der Waals surface area contributed by atoms with Crippen molar-refractivity contribution in [2.24, 2.45) is 0 Å². The minimum Gasteiger partial charge on any atom is -0.444 e. The van der Waals surface area contributed by atoms with Gasteiger partial charge in [0.15, 0.2) is 5.78 Å². The summed E-state index contributed by atoms with van der Waals surface area (Å²) in [6.45, 7) is 12.5. The third-order valence-electron chi connectivity index (χ3n) is 4.08. The highest BCUT2D eigenvalue weighted by molar-refractivity contribution is 5.99. The Bertz CT molecular complexity index is 612. The Labute approximate surface area is 144 Å². The standard InChI is InChI=1S/C19H28N2O3/c1-14-6-7-15(2)16(12-14)17(22)13-20-8-10-21(11-9-20)18(23)24-19(3,4)5/h6-7,12H,8-11,13H2,1-5H3. The van der Waals surface area contributed by atoms with Crippen LogP contribution in [0.2, 0.25) is 0 Å². The van der Waals surface area contributed by atoms with Crippen LogP contribution in [0.4, 0.5) is 4.79 Å². The highest BCUT2D eigenvalue weighted by Crippen LogP contribution is 2.14. The molecule has 0 bridgehead atoms. The van der Waals surface area contributed by atoms with E-state index in [0.29, 0.717) is 32.7 Å². The Balaban J connectivity index is 1.88. The van der Waals surface area contributed by atoms with Gasteiger partial charge in [0.05, 0.1) is 6.54 Å². The van der Waals surface area contributed by atoms with E-state index in [-0.39, 0.29) is 11.9 Å². The molecule has 24 heavy (non-hydrogen) atoms. The number of hydrogen-bond donors (Lipinski definition) is 0. The Morgan fingerprint density at radius 1 is 1.08 bits per heavy atom. The molecular weight excluding hydrogens is 304 g/mol. The van der Waals surface area contributed by atoms with Crippen molar-refractivity contribution < 1.29 is 14.3 Å². The van der Waals surface area contributed by atoms with E-state index in [9.17, 15) is 9.59 Å². The predicted octanol–water partition coefficient (Wildman–Crippen LogP) is 3.04. The zero-order valence-electron chi connectivity index (χ0n) is 15.4. The highest BCUT2D eigenvalue weighted by atomic mass is 16.6. The molecule has 1 aliphatic rings. The smallest absolute Gasteiger partial charge is 0.410 e. The number of nitrogens with zero attached hydrogens (tertiary/aromatic N) is 2. The van der Waals surface area contributed by atoms with Crippen LogP contribution >= 0.6 is 0 Å². The van der Waals surface area contributed by atoms with Crippen LogP contribution in [0.15, 0.2) is 18.2 Å². The fourth-order valence-corrected chi connectivity index (χ4v) is 2.74. The van der Waals surface area contributed by atoms with E-state index in [0.717, 1.165) is 16.7 Å². The molecule has 1 saturated heterocycles. The van der Waals surface area contributed by atoms with E-state index < -0.39 is 5.60 Å². The van der Waals surface area contributed by atoms with Crippen LogP contribution in [0, 0.1) is 13.8 Å². The first-order valence-electron chi connectivity index (χ1n) is 8.46. The average Bonchev–Trinajstić information content (AvgIpc) is 2.48. The second kappa shape index (κ2) is 7.34. The van der Waals surface area contributed by atoms with Gasteiger partial charge < -0.3 is 9.64 Å². The molecule has 1 amide bonds. The summed E-state index contributed by atoms with van der Waals surface area (Å²) in [6.07, 6.45) is -0.275. The normalized spacial score (nSPS) is 16.1. The van der Waals surface area contributed by atoms with Crippen LogP contribution in [0.1, 0.15) is 42.3 Å². The van der Waals surface area contributed by atoms with Gasteiger partial charge in [-0.05, 0) is 46.2 Å². The van der Waals surface area contributed by atoms with E-state index in [4.69, 9.17) is 4.74 Å². The number of carbonyl (C=O) groups is 2. The lowest BCUT2D eigenvalue weighted by Crippen LogP contribution is -2.51. The molecule has 1 aromatic rings. The second-order valence-electron chi connectivity index (χ2n) is 7.49. The number of benzene rings is 1. The molecule has 5 nitrogen and oxygen atoms in total. The summed E-state index contributed by atoms with van der Waals surface area (Å²) in [6, 6.07) is 5.96. The van der Waals surface area contributed by atoms with Gasteiger partial charge >= 0.3 is 6.09 Å². The molecule has 0 aliphatic carbocycles. The number of rotatable bonds is 3. The molecule has 1 heterocycles. The maximum Gasteiger partial charge on any atom is 0.410 e. The topological polar surface area (TPSA) is 49.9 Å². The molecule has 1 aromatic carbocycles. The van der Waals surface area contributed by atoms with Crippen LogP contribution in [-0.2, 0) is 4.74 Å². The number of ketones is 1. The quantitative estimate of drug-likeness (QED) is 0.798. The Hall–Kier alpha value is -1.88. The number of piperazine rings is 1. The van der Waals surface area contributed by atoms with Gasteiger partial charge in [-0.3, -0.25) is 9.69 Å². The van der Waals surface area contributed by atoms with Crippen LogP contribution < -0.4 is 0 Å². The number of hydrogen-bond acceptors (Lipinski definition) is 4. The molecule has 0 N–H and O–H groups in total. The average molecular weight is 332 g/mol. The summed E-state index contributed by atoms with van der Waals surface area (Å²) in [4.78, 5) is 28.4. The van der Waals surface area contributed by atoms with Gasteiger partial charge in [0.25, 0.3) is 0 Å². The molecule has 1 aliphatic heterocycles. The van der Waals surface area contributed by atoms with Crippen molar-refractivity contribution >= 4 is 11.9 Å². The van der Waals surface area contributed by atoms with Crippen molar-refractivity contribution in [3.63, 3.8) is 0 Å². The molecule has 2 rings (SSSR count). The maximum atomic E-state index is 12.5. The van der Waals surface area contributed by atoms with Crippen molar-refractivity contribution in [1.29, 1.82) is 0 Å². The fourth-order valence-electron chi connectivity index (χ4n) is 2.74. The SMILES string of the molecule is Cc1ccc(C)c(C(=O)CN2CCN(C(=O)OC(C)(C)C)CC2)c1. The third kappa shape index (κ3) is 5.06. The molecule has 5 heteroatoms. The van der Waals surface area contributed by atoms with Gasteiger partial charge in [-0.25, -0.2) is 4.79 Å². The Morgan fingerprint density at radius 3 is 2.29 bits per heavy atom. The van der Waals surface area contributed by atoms with E-state index in [1.54, 1.807) is 4.90 Å². The van der Waals surface area contributed by atoms with Gasteiger partial charge in [-0.15, -0.1) is 0 Å². The van der Waals surface area contributed by atoms with Gasteiger partial charge in [0.2, 0.25) is 0 Å². The zero-order chi connectivity index (χ0) is 17.9. The minimum absolute atomic E-state index is 0.141. The molecule has 0 unspecified atom stereocenters. The summed E-state index contributed by atoms with van der Waals surface area (Å²) in [5.74, 6) is 0.141. The lowest BCUT2D eigenvalue weighted by molar-refractivity contribution is 0.0149. The summed E-state index contributed by atoms with van der Waals surface area (Å²) in [5, 5.41) is 0. The number of amides is 1. The van der Waals surface area contributed by atoms with Crippen molar-refractivity contribution in [3.05, 3.63) is 34.9 Å². The van der Waals surface area contributed by atoms with Gasteiger partial charge in [-0.2, -0.15) is 0 Å². The minimum atomic E-state index is -0.479. The largest absolute Gasteiger partial charge is 0.444 e. The molecule has 0 atom stereocenters. The van der Waals surface area contributed by atoms with Gasteiger partial charge in [-0.1, -0.05) is 17.7 Å². The first kappa shape index (κ1) is 18.5. The van der Waals surface area contributed by atoms with Crippen molar-refractivity contribution in [2.45, 2.75) is 40.2 Å². The lowest BCUT2D eigenvalue weighted by Gasteiger charge is -2.35. The molecule has 1 fully saturated rings. The van der Waals surface area contributed by atoms with Crippen LogP contribution in [0.3, 0.4) is 0 Å². The molecule has 0 spiro atoms. The van der Waals surface area contributed by atoms with Crippen LogP contribution in [-0.4, -0.2) is 60.0 Å². The molecule has 0 saturated carbocycles. The summed E-state index contributed by atoms with van der Waals surface area (Å²) >= 11 is 0. The molecule has 0 radical (unpaired) electrons.